The molecule has 0 spiro atoms. The minimum absolute atomic E-state index is 0.172. The molecule has 6 nitrogen and oxygen atoms in total. The van der Waals surface area contributed by atoms with Crippen molar-refractivity contribution in [2.45, 2.75) is 57.4 Å². The van der Waals surface area contributed by atoms with E-state index in [-0.39, 0.29) is 22.3 Å². The number of carbonyl (C=O) groups excluding carboxylic acids is 1. The van der Waals surface area contributed by atoms with E-state index in [4.69, 9.17) is 5.73 Å². The summed E-state index contributed by atoms with van der Waals surface area (Å²) in [5.41, 5.74) is 7.34. The van der Waals surface area contributed by atoms with Crippen molar-refractivity contribution in [1.29, 1.82) is 0 Å². The fourth-order valence-electron chi connectivity index (χ4n) is 3.04. The molecule has 7 heteroatoms. The number of carbonyl (C=O) groups is 1. The zero-order chi connectivity index (χ0) is 19.5. The van der Waals surface area contributed by atoms with Gasteiger partial charge in [-0.2, -0.15) is 0 Å². The maximum atomic E-state index is 12.3. The van der Waals surface area contributed by atoms with Crippen LogP contribution in [0.25, 0.3) is 0 Å². The summed E-state index contributed by atoms with van der Waals surface area (Å²) in [5, 5.41) is 3.39. The number of nitrogens with one attached hydrogen (secondary N) is 1. The Bertz CT molecular complexity index is 746. The molecule has 0 unspecified atom stereocenters. The average molecular weight is 382 g/mol. The van der Waals surface area contributed by atoms with Gasteiger partial charge in [0.05, 0.1) is 16.3 Å². The van der Waals surface area contributed by atoms with Crippen molar-refractivity contribution in [2.24, 2.45) is 5.41 Å². The molecule has 1 amide bonds. The van der Waals surface area contributed by atoms with Crippen molar-refractivity contribution in [1.82, 2.24) is 4.90 Å². The number of hydrogen-bond acceptors (Lipinski definition) is 5. The second-order valence-electron chi connectivity index (χ2n) is 8.38. The Balaban J connectivity index is 1.88. The number of anilines is 2. The number of amides is 1. The molecule has 1 heterocycles. The van der Waals surface area contributed by atoms with E-state index in [1.807, 2.05) is 4.90 Å². The van der Waals surface area contributed by atoms with Gasteiger partial charge >= 0.3 is 0 Å². The molecule has 0 aliphatic carbocycles. The topological polar surface area (TPSA) is 92.5 Å². The summed E-state index contributed by atoms with van der Waals surface area (Å²) in [6, 6.07) is 5.00. The van der Waals surface area contributed by atoms with Gasteiger partial charge in [0.2, 0.25) is 5.91 Å². The van der Waals surface area contributed by atoms with Gasteiger partial charge in [0, 0.05) is 31.8 Å². The zero-order valence-corrected chi connectivity index (χ0v) is 17.0. The molecule has 0 radical (unpaired) electrons. The van der Waals surface area contributed by atoms with E-state index >= 15 is 0 Å². The van der Waals surface area contributed by atoms with Crippen LogP contribution in [-0.2, 0) is 14.6 Å². The summed E-state index contributed by atoms with van der Waals surface area (Å²) < 4.78 is 23.2. The highest BCUT2D eigenvalue weighted by molar-refractivity contribution is 7.90. The van der Waals surface area contributed by atoms with Crippen LogP contribution in [0.5, 0.6) is 0 Å². The fourth-order valence-corrected chi connectivity index (χ4v) is 3.69. The maximum absolute atomic E-state index is 12.3. The first-order valence-electron chi connectivity index (χ1n) is 9.09. The quantitative estimate of drug-likeness (QED) is 0.765. The molecule has 1 aliphatic heterocycles. The number of nitrogens with zero attached hydrogens (tertiary/aromatic N) is 1. The highest BCUT2D eigenvalue weighted by Gasteiger charge is 2.24. The smallest absolute Gasteiger partial charge is 0.222 e. The molecular formula is C19H31N3O3S. The van der Waals surface area contributed by atoms with Gasteiger partial charge in [-0.3, -0.25) is 4.79 Å². The third-order valence-corrected chi connectivity index (χ3v) is 5.86. The number of hydrogen-bond donors (Lipinski definition) is 2. The lowest BCUT2D eigenvalue weighted by Gasteiger charge is -2.33. The van der Waals surface area contributed by atoms with Crippen molar-refractivity contribution >= 4 is 27.1 Å². The number of nitrogens with two attached hydrogens (primary N) is 1. The van der Waals surface area contributed by atoms with Gasteiger partial charge < -0.3 is 16.0 Å². The minimum Gasteiger partial charge on any atom is -0.397 e. The first-order chi connectivity index (χ1) is 12.0. The lowest BCUT2D eigenvalue weighted by atomic mass is 9.90. The molecule has 1 aromatic carbocycles. The molecular weight excluding hydrogens is 350 g/mol. The van der Waals surface area contributed by atoms with Gasteiger partial charge in [-0.15, -0.1) is 0 Å². The van der Waals surface area contributed by atoms with Crippen LogP contribution in [0.15, 0.2) is 23.1 Å². The summed E-state index contributed by atoms with van der Waals surface area (Å²) in [6.45, 7) is 7.92. The predicted molar refractivity (Wildman–Crippen MR) is 106 cm³/mol. The Hall–Kier alpha value is -1.76. The van der Waals surface area contributed by atoms with Gasteiger partial charge in [0.25, 0.3) is 0 Å². The Kier molecular flexibility index (Phi) is 6.21. The summed E-state index contributed by atoms with van der Waals surface area (Å²) in [5.74, 6) is 0.232. The molecule has 0 aromatic heterocycles. The van der Waals surface area contributed by atoms with Crippen LogP contribution in [0, 0.1) is 5.41 Å². The monoisotopic (exact) mass is 381 g/mol. The normalized spacial score (nSPS) is 16.5. The van der Waals surface area contributed by atoms with E-state index in [9.17, 15) is 13.2 Å². The Morgan fingerprint density at radius 2 is 1.88 bits per heavy atom. The Morgan fingerprint density at radius 1 is 1.27 bits per heavy atom. The number of piperidine rings is 1. The molecule has 1 saturated heterocycles. The second-order valence-corrected chi connectivity index (χ2v) is 10.4. The van der Waals surface area contributed by atoms with Crippen molar-refractivity contribution in [2.75, 3.05) is 30.4 Å². The lowest BCUT2D eigenvalue weighted by molar-refractivity contribution is -0.132. The molecule has 3 N–H and O–H groups in total. The van der Waals surface area contributed by atoms with Gasteiger partial charge in [-0.25, -0.2) is 8.42 Å². The summed E-state index contributed by atoms with van der Waals surface area (Å²) in [4.78, 5) is 14.5. The van der Waals surface area contributed by atoms with Crippen molar-refractivity contribution in [3.05, 3.63) is 18.2 Å². The molecule has 1 aliphatic rings. The summed E-state index contributed by atoms with van der Waals surface area (Å²) in [6.07, 6.45) is 4.37. The van der Waals surface area contributed by atoms with E-state index < -0.39 is 9.84 Å². The van der Waals surface area contributed by atoms with Gasteiger partial charge in [0.1, 0.15) is 0 Å². The zero-order valence-electron chi connectivity index (χ0n) is 16.2. The highest BCUT2D eigenvalue weighted by Crippen LogP contribution is 2.26. The SMILES string of the molecule is CC(C)(C)CCC(=O)N1CCC(Nc2ccc(S(C)(=O)=O)cc2N)CC1. The number of nitrogen functional groups attached to an aromatic ring is 1. The molecule has 0 saturated carbocycles. The Morgan fingerprint density at radius 3 is 2.38 bits per heavy atom. The van der Waals surface area contributed by atoms with E-state index in [2.05, 4.69) is 26.1 Å². The molecule has 0 atom stereocenters. The highest BCUT2D eigenvalue weighted by atomic mass is 32.2. The summed E-state index contributed by atoms with van der Waals surface area (Å²) in [7, 11) is -3.26. The third kappa shape index (κ3) is 5.90. The largest absolute Gasteiger partial charge is 0.397 e. The van der Waals surface area contributed by atoms with Crippen LogP contribution >= 0.6 is 0 Å². The predicted octanol–water partition coefficient (Wildman–Crippen LogP) is 2.90. The molecule has 146 valence electrons. The van der Waals surface area contributed by atoms with Crippen LogP contribution in [0.3, 0.4) is 0 Å². The molecule has 26 heavy (non-hydrogen) atoms. The summed E-state index contributed by atoms with van der Waals surface area (Å²) >= 11 is 0. The van der Waals surface area contributed by atoms with Crippen LogP contribution in [0.4, 0.5) is 11.4 Å². The van der Waals surface area contributed by atoms with Crippen LogP contribution in [-0.4, -0.2) is 44.6 Å². The average Bonchev–Trinajstić information content (AvgIpc) is 2.53. The van der Waals surface area contributed by atoms with Crippen molar-refractivity contribution in [3.63, 3.8) is 0 Å². The van der Waals surface area contributed by atoms with Crippen LogP contribution in [0.1, 0.15) is 46.5 Å². The first-order valence-corrected chi connectivity index (χ1v) is 11.0. The number of likely N-dealkylation sites (tertiary alicyclic amines) is 1. The van der Waals surface area contributed by atoms with Crippen LogP contribution in [0.2, 0.25) is 0 Å². The van der Waals surface area contributed by atoms with Crippen LogP contribution < -0.4 is 11.1 Å². The molecule has 2 rings (SSSR count). The van der Waals surface area contributed by atoms with Gasteiger partial charge in [-0.1, -0.05) is 20.8 Å². The Labute approximate surface area is 157 Å². The first kappa shape index (κ1) is 20.6. The number of rotatable bonds is 5. The fraction of sp³-hybridized carbons (Fsp3) is 0.632. The van der Waals surface area contributed by atoms with Crippen molar-refractivity contribution < 1.29 is 13.2 Å². The van der Waals surface area contributed by atoms with E-state index in [0.717, 1.165) is 38.0 Å². The number of sulfone groups is 1. The van der Waals surface area contributed by atoms with Crippen molar-refractivity contribution in [3.8, 4) is 0 Å². The van der Waals surface area contributed by atoms with Gasteiger partial charge in [-0.05, 0) is 42.9 Å². The molecule has 1 fully saturated rings. The molecule has 1 aromatic rings. The number of benzene rings is 1. The minimum atomic E-state index is -3.26. The molecule has 0 bridgehead atoms. The maximum Gasteiger partial charge on any atom is 0.222 e. The lowest BCUT2D eigenvalue weighted by Crippen LogP contribution is -2.42. The van der Waals surface area contributed by atoms with E-state index in [1.54, 1.807) is 12.1 Å². The van der Waals surface area contributed by atoms with Gasteiger partial charge in [0.15, 0.2) is 9.84 Å². The standard InChI is InChI=1S/C19H31N3O3S/c1-19(2,3)10-7-18(23)22-11-8-14(9-12-22)21-17-6-5-15(13-16(17)20)26(4,24)25/h5-6,13-14,21H,7-12,20H2,1-4H3. The second kappa shape index (κ2) is 7.86. The van der Waals surface area contributed by atoms with E-state index in [1.165, 1.54) is 12.3 Å². The third-order valence-electron chi connectivity index (χ3n) is 4.75. The van der Waals surface area contributed by atoms with E-state index in [0.29, 0.717) is 12.1 Å².